The van der Waals surface area contributed by atoms with Crippen molar-refractivity contribution < 1.29 is 4.79 Å². The largest absolute Gasteiger partial charge is 0.350 e. The quantitative estimate of drug-likeness (QED) is 0.825. The Hall–Kier alpha value is -1.39. The number of rotatable bonds is 6. The molecule has 4 heteroatoms. The molecule has 20 heavy (non-hydrogen) atoms. The van der Waals surface area contributed by atoms with Gasteiger partial charge in [0.25, 0.3) is 5.91 Å². The third kappa shape index (κ3) is 3.81. The fourth-order valence-electron chi connectivity index (χ4n) is 2.84. The first-order chi connectivity index (χ1) is 9.74. The van der Waals surface area contributed by atoms with Crippen molar-refractivity contribution >= 4 is 5.91 Å². The Morgan fingerprint density at radius 3 is 2.80 bits per heavy atom. The van der Waals surface area contributed by atoms with Gasteiger partial charge in [-0.3, -0.25) is 9.69 Å². The van der Waals surface area contributed by atoms with Gasteiger partial charge in [-0.15, -0.1) is 0 Å². The molecule has 110 valence electrons. The molecule has 1 aliphatic rings. The lowest BCUT2D eigenvalue weighted by atomic mass is 10.1. The number of hydrogen-bond donors (Lipinski definition) is 2. The monoisotopic (exact) mass is 275 g/mol. The molecule has 0 aromatic heterocycles. The minimum Gasteiger partial charge on any atom is -0.350 e. The molecule has 4 nitrogen and oxygen atoms in total. The van der Waals surface area contributed by atoms with Gasteiger partial charge in [-0.05, 0) is 56.6 Å². The minimum atomic E-state index is 0.0206. The highest BCUT2D eigenvalue weighted by molar-refractivity contribution is 5.94. The van der Waals surface area contributed by atoms with Crippen LogP contribution in [0.1, 0.15) is 35.7 Å². The van der Waals surface area contributed by atoms with Gasteiger partial charge in [0, 0.05) is 18.2 Å². The SMILES string of the molecule is CCN1CCCC1CNC(=O)c1ccc(CCN)cc1. The average molecular weight is 275 g/mol. The first-order valence-electron chi connectivity index (χ1n) is 7.56. The van der Waals surface area contributed by atoms with Crippen molar-refractivity contribution in [3.63, 3.8) is 0 Å². The Labute approximate surface area is 121 Å². The topological polar surface area (TPSA) is 58.4 Å². The number of likely N-dealkylation sites (N-methyl/N-ethyl adjacent to an activating group) is 1. The van der Waals surface area contributed by atoms with E-state index < -0.39 is 0 Å². The van der Waals surface area contributed by atoms with Crippen molar-refractivity contribution in [2.75, 3.05) is 26.2 Å². The summed E-state index contributed by atoms with van der Waals surface area (Å²) in [5.74, 6) is 0.0206. The van der Waals surface area contributed by atoms with Gasteiger partial charge in [-0.25, -0.2) is 0 Å². The molecule has 1 unspecified atom stereocenters. The lowest BCUT2D eigenvalue weighted by Crippen LogP contribution is -2.40. The van der Waals surface area contributed by atoms with Gasteiger partial charge in [-0.2, -0.15) is 0 Å². The number of carbonyl (C=O) groups excluding carboxylic acids is 1. The zero-order valence-electron chi connectivity index (χ0n) is 12.3. The lowest BCUT2D eigenvalue weighted by molar-refractivity contribution is 0.0941. The second-order valence-corrected chi connectivity index (χ2v) is 5.37. The van der Waals surface area contributed by atoms with Crippen molar-refractivity contribution in [3.8, 4) is 0 Å². The van der Waals surface area contributed by atoms with E-state index in [1.807, 2.05) is 24.3 Å². The third-order valence-electron chi connectivity index (χ3n) is 4.05. The Balaban J connectivity index is 1.85. The van der Waals surface area contributed by atoms with Crippen molar-refractivity contribution in [3.05, 3.63) is 35.4 Å². The van der Waals surface area contributed by atoms with E-state index in [4.69, 9.17) is 5.73 Å². The predicted molar refractivity (Wildman–Crippen MR) is 81.8 cm³/mol. The molecule has 0 saturated carbocycles. The Morgan fingerprint density at radius 1 is 1.40 bits per heavy atom. The molecule has 1 atom stereocenters. The zero-order chi connectivity index (χ0) is 14.4. The molecule has 1 amide bonds. The van der Waals surface area contributed by atoms with E-state index in [0.29, 0.717) is 12.6 Å². The van der Waals surface area contributed by atoms with Crippen LogP contribution in [0.4, 0.5) is 0 Å². The molecule has 1 aliphatic heterocycles. The van der Waals surface area contributed by atoms with E-state index in [2.05, 4.69) is 17.1 Å². The summed E-state index contributed by atoms with van der Waals surface area (Å²) in [7, 11) is 0. The first-order valence-corrected chi connectivity index (χ1v) is 7.56. The van der Waals surface area contributed by atoms with Crippen LogP contribution >= 0.6 is 0 Å². The average Bonchev–Trinajstić information content (AvgIpc) is 2.93. The van der Waals surface area contributed by atoms with Crippen LogP contribution in [-0.2, 0) is 6.42 Å². The van der Waals surface area contributed by atoms with Crippen LogP contribution in [0.5, 0.6) is 0 Å². The van der Waals surface area contributed by atoms with Gasteiger partial charge in [0.1, 0.15) is 0 Å². The van der Waals surface area contributed by atoms with E-state index in [-0.39, 0.29) is 5.91 Å². The Bertz CT molecular complexity index is 430. The standard InChI is InChI=1S/C16H25N3O/c1-2-19-11-3-4-15(19)12-18-16(20)14-7-5-13(6-8-14)9-10-17/h5-8,15H,2-4,9-12,17H2,1H3,(H,18,20). The summed E-state index contributed by atoms with van der Waals surface area (Å²) >= 11 is 0. The number of nitrogens with two attached hydrogens (primary N) is 1. The summed E-state index contributed by atoms with van der Waals surface area (Å²) < 4.78 is 0. The number of likely N-dealkylation sites (tertiary alicyclic amines) is 1. The number of nitrogens with zero attached hydrogens (tertiary/aromatic N) is 1. The van der Waals surface area contributed by atoms with E-state index in [1.165, 1.54) is 18.4 Å². The summed E-state index contributed by atoms with van der Waals surface area (Å²) in [6.07, 6.45) is 3.28. The number of benzene rings is 1. The van der Waals surface area contributed by atoms with Gasteiger partial charge in [0.15, 0.2) is 0 Å². The van der Waals surface area contributed by atoms with Crippen LogP contribution in [0, 0.1) is 0 Å². The minimum absolute atomic E-state index is 0.0206. The zero-order valence-corrected chi connectivity index (χ0v) is 12.3. The fourth-order valence-corrected chi connectivity index (χ4v) is 2.84. The molecule has 2 rings (SSSR count). The maximum Gasteiger partial charge on any atom is 0.251 e. The van der Waals surface area contributed by atoms with Crippen molar-refractivity contribution in [2.24, 2.45) is 5.73 Å². The maximum atomic E-state index is 12.1. The van der Waals surface area contributed by atoms with E-state index >= 15 is 0 Å². The van der Waals surface area contributed by atoms with Crippen LogP contribution in [-0.4, -0.2) is 43.0 Å². The molecule has 1 saturated heterocycles. The second-order valence-electron chi connectivity index (χ2n) is 5.37. The van der Waals surface area contributed by atoms with Crippen molar-refractivity contribution in [2.45, 2.75) is 32.2 Å². The van der Waals surface area contributed by atoms with Crippen LogP contribution in [0.15, 0.2) is 24.3 Å². The van der Waals surface area contributed by atoms with Gasteiger partial charge in [0.05, 0.1) is 0 Å². The highest BCUT2D eigenvalue weighted by Gasteiger charge is 2.23. The Kier molecular flexibility index (Phi) is 5.56. The normalized spacial score (nSPS) is 19.2. The number of hydrogen-bond acceptors (Lipinski definition) is 3. The van der Waals surface area contributed by atoms with E-state index in [0.717, 1.165) is 31.6 Å². The summed E-state index contributed by atoms with van der Waals surface area (Å²) in [6.45, 7) is 5.78. The predicted octanol–water partition coefficient (Wildman–Crippen LogP) is 1.40. The molecule has 3 N–H and O–H groups in total. The highest BCUT2D eigenvalue weighted by Crippen LogP contribution is 2.15. The summed E-state index contributed by atoms with van der Waals surface area (Å²) in [5.41, 5.74) is 7.42. The fraction of sp³-hybridized carbons (Fsp3) is 0.562. The van der Waals surface area contributed by atoms with E-state index in [1.54, 1.807) is 0 Å². The van der Waals surface area contributed by atoms with Crippen molar-refractivity contribution in [1.82, 2.24) is 10.2 Å². The molecular weight excluding hydrogens is 250 g/mol. The molecule has 1 fully saturated rings. The molecule has 1 aromatic rings. The maximum absolute atomic E-state index is 12.1. The Morgan fingerprint density at radius 2 is 2.15 bits per heavy atom. The number of nitrogens with one attached hydrogen (secondary N) is 1. The van der Waals surface area contributed by atoms with Gasteiger partial charge < -0.3 is 11.1 Å². The summed E-state index contributed by atoms with van der Waals surface area (Å²) in [6, 6.07) is 8.23. The van der Waals surface area contributed by atoms with E-state index in [9.17, 15) is 4.79 Å². The highest BCUT2D eigenvalue weighted by atomic mass is 16.1. The van der Waals surface area contributed by atoms with Gasteiger partial charge >= 0.3 is 0 Å². The molecule has 0 spiro atoms. The number of amides is 1. The molecule has 1 heterocycles. The van der Waals surface area contributed by atoms with Crippen LogP contribution in [0.2, 0.25) is 0 Å². The van der Waals surface area contributed by atoms with Crippen molar-refractivity contribution in [1.29, 1.82) is 0 Å². The summed E-state index contributed by atoms with van der Waals surface area (Å²) in [5, 5.41) is 3.05. The number of carbonyl (C=O) groups is 1. The molecule has 0 bridgehead atoms. The van der Waals surface area contributed by atoms with Crippen LogP contribution in [0.25, 0.3) is 0 Å². The lowest BCUT2D eigenvalue weighted by Gasteiger charge is -2.22. The second kappa shape index (κ2) is 7.41. The summed E-state index contributed by atoms with van der Waals surface area (Å²) in [4.78, 5) is 14.5. The van der Waals surface area contributed by atoms with Gasteiger partial charge in [0.2, 0.25) is 0 Å². The molecule has 0 radical (unpaired) electrons. The molecule has 0 aliphatic carbocycles. The van der Waals surface area contributed by atoms with Crippen LogP contribution in [0.3, 0.4) is 0 Å². The first kappa shape index (κ1) is 15.0. The van der Waals surface area contributed by atoms with Gasteiger partial charge in [-0.1, -0.05) is 19.1 Å². The molecular formula is C16H25N3O. The third-order valence-corrected chi connectivity index (χ3v) is 4.05. The molecule has 1 aromatic carbocycles. The smallest absolute Gasteiger partial charge is 0.251 e. The van der Waals surface area contributed by atoms with Crippen LogP contribution < -0.4 is 11.1 Å².